The van der Waals surface area contributed by atoms with Gasteiger partial charge in [-0.25, -0.2) is 13.1 Å². The number of nitrogens with one attached hydrogen (secondary N) is 2. The summed E-state index contributed by atoms with van der Waals surface area (Å²) in [5.41, 5.74) is 0. The fraction of sp³-hybridized carbons (Fsp3) is 0.800. The SMILES string of the molecule is CC#CCNS(=O)(=O)CCN1CCNCC1. The molecule has 16 heavy (non-hydrogen) atoms. The number of hydrogen-bond donors (Lipinski definition) is 2. The van der Waals surface area contributed by atoms with Crippen LogP contribution in [0.2, 0.25) is 0 Å². The van der Waals surface area contributed by atoms with Crippen LogP contribution in [0.1, 0.15) is 6.92 Å². The van der Waals surface area contributed by atoms with Crippen molar-refractivity contribution in [3.8, 4) is 11.8 Å². The number of nitrogens with zero attached hydrogens (tertiary/aromatic N) is 1. The van der Waals surface area contributed by atoms with Gasteiger partial charge >= 0.3 is 0 Å². The van der Waals surface area contributed by atoms with Crippen molar-refractivity contribution < 1.29 is 8.42 Å². The van der Waals surface area contributed by atoms with E-state index in [9.17, 15) is 8.42 Å². The lowest BCUT2D eigenvalue weighted by atomic mass is 10.4. The van der Waals surface area contributed by atoms with Crippen LogP contribution in [-0.2, 0) is 10.0 Å². The van der Waals surface area contributed by atoms with Crippen LogP contribution in [0, 0.1) is 11.8 Å². The van der Waals surface area contributed by atoms with Gasteiger partial charge in [-0.15, -0.1) is 5.92 Å². The molecule has 1 aliphatic rings. The van der Waals surface area contributed by atoms with E-state index in [0.29, 0.717) is 6.54 Å². The molecule has 6 heteroatoms. The number of piperazine rings is 1. The van der Waals surface area contributed by atoms with Crippen LogP contribution in [-0.4, -0.2) is 58.3 Å². The smallest absolute Gasteiger partial charge is 0.213 e. The topological polar surface area (TPSA) is 61.4 Å². The average Bonchev–Trinajstić information content (AvgIpc) is 2.28. The van der Waals surface area contributed by atoms with Gasteiger partial charge in [0.15, 0.2) is 0 Å². The maximum absolute atomic E-state index is 11.5. The standard InChI is InChI=1S/C10H19N3O2S/c1-2-3-4-12-16(14,15)10-9-13-7-5-11-6-8-13/h11-12H,4-10H2,1H3. The summed E-state index contributed by atoms with van der Waals surface area (Å²) < 4.78 is 25.5. The molecule has 1 rings (SSSR count). The number of sulfonamides is 1. The monoisotopic (exact) mass is 245 g/mol. The van der Waals surface area contributed by atoms with E-state index in [1.165, 1.54) is 0 Å². The predicted octanol–water partition coefficient (Wildman–Crippen LogP) is -1.17. The Labute approximate surface area is 97.6 Å². The highest BCUT2D eigenvalue weighted by molar-refractivity contribution is 7.89. The van der Waals surface area contributed by atoms with Crippen LogP contribution in [0.5, 0.6) is 0 Å². The van der Waals surface area contributed by atoms with Crippen LogP contribution in [0.15, 0.2) is 0 Å². The summed E-state index contributed by atoms with van der Waals surface area (Å²) in [6.45, 7) is 6.21. The van der Waals surface area contributed by atoms with Crippen LogP contribution >= 0.6 is 0 Å². The summed E-state index contributed by atoms with van der Waals surface area (Å²) in [7, 11) is -3.17. The second-order valence-corrected chi connectivity index (χ2v) is 5.58. The molecule has 1 aliphatic heterocycles. The number of hydrogen-bond acceptors (Lipinski definition) is 4. The molecular formula is C10H19N3O2S. The maximum Gasteiger partial charge on any atom is 0.213 e. The molecule has 0 atom stereocenters. The Bertz CT molecular complexity index is 350. The van der Waals surface area contributed by atoms with E-state index in [1.54, 1.807) is 6.92 Å². The van der Waals surface area contributed by atoms with Crippen LogP contribution in [0.25, 0.3) is 0 Å². The van der Waals surface area contributed by atoms with E-state index in [4.69, 9.17) is 0 Å². The van der Waals surface area contributed by atoms with Gasteiger partial charge in [-0.05, 0) is 6.92 Å². The second kappa shape index (κ2) is 6.86. The Morgan fingerprint density at radius 1 is 1.38 bits per heavy atom. The van der Waals surface area contributed by atoms with E-state index in [0.717, 1.165) is 26.2 Å². The van der Waals surface area contributed by atoms with Gasteiger partial charge in [0, 0.05) is 32.7 Å². The Hall–Kier alpha value is -0.610. The minimum absolute atomic E-state index is 0.151. The molecule has 1 fully saturated rings. The quantitative estimate of drug-likeness (QED) is 0.600. The van der Waals surface area contributed by atoms with Gasteiger partial charge in [0.05, 0.1) is 12.3 Å². The van der Waals surface area contributed by atoms with Crippen molar-refractivity contribution in [3.05, 3.63) is 0 Å². The second-order valence-electron chi connectivity index (χ2n) is 3.66. The largest absolute Gasteiger partial charge is 0.314 e. The van der Waals surface area contributed by atoms with Crippen molar-refractivity contribution in [2.75, 3.05) is 45.0 Å². The lowest BCUT2D eigenvalue weighted by Gasteiger charge is -2.26. The Balaban J connectivity index is 2.25. The molecule has 0 radical (unpaired) electrons. The fourth-order valence-corrected chi connectivity index (χ4v) is 2.43. The van der Waals surface area contributed by atoms with Gasteiger partial charge in [-0.1, -0.05) is 5.92 Å². The highest BCUT2D eigenvalue weighted by Crippen LogP contribution is 1.93. The first-order valence-electron chi connectivity index (χ1n) is 5.44. The highest BCUT2D eigenvalue weighted by Gasteiger charge is 2.14. The Morgan fingerprint density at radius 2 is 2.06 bits per heavy atom. The lowest BCUT2D eigenvalue weighted by molar-refractivity contribution is 0.253. The summed E-state index contributed by atoms with van der Waals surface area (Å²) in [6, 6.07) is 0. The molecule has 2 N–H and O–H groups in total. The predicted molar refractivity (Wildman–Crippen MR) is 64.5 cm³/mol. The highest BCUT2D eigenvalue weighted by atomic mass is 32.2. The van der Waals surface area contributed by atoms with Gasteiger partial charge in [-0.3, -0.25) is 4.90 Å². The zero-order valence-corrected chi connectivity index (χ0v) is 10.4. The van der Waals surface area contributed by atoms with Crippen molar-refractivity contribution in [1.82, 2.24) is 14.9 Å². The molecule has 0 bridgehead atoms. The molecule has 0 aromatic heterocycles. The fourth-order valence-electron chi connectivity index (χ4n) is 1.49. The molecule has 0 amide bonds. The lowest BCUT2D eigenvalue weighted by Crippen LogP contribution is -2.45. The van der Waals surface area contributed by atoms with Crippen molar-refractivity contribution in [2.45, 2.75) is 6.92 Å². The summed E-state index contributed by atoms with van der Waals surface area (Å²) >= 11 is 0. The zero-order valence-electron chi connectivity index (χ0n) is 9.62. The molecule has 5 nitrogen and oxygen atoms in total. The molecule has 1 saturated heterocycles. The van der Waals surface area contributed by atoms with Crippen LogP contribution in [0.3, 0.4) is 0 Å². The maximum atomic E-state index is 11.5. The minimum atomic E-state index is -3.17. The molecule has 0 saturated carbocycles. The summed E-state index contributed by atoms with van der Waals surface area (Å²) in [4.78, 5) is 2.15. The Kier molecular flexibility index (Phi) is 5.77. The normalized spacial score (nSPS) is 17.8. The molecule has 0 aromatic carbocycles. The summed E-state index contributed by atoms with van der Waals surface area (Å²) in [6.07, 6.45) is 0. The molecule has 0 unspecified atom stereocenters. The van der Waals surface area contributed by atoms with Gasteiger partial charge in [0.2, 0.25) is 10.0 Å². The minimum Gasteiger partial charge on any atom is -0.314 e. The van der Waals surface area contributed by atoms with E-state index in [1.807, 2.05) is 0 Å². The van der Waals surface area contributed by atoms with Gasteiger partial charge in [0.25, 0.3) is 0 Å². The summed E-state index contributed by atoms with van der Waals surface area (Å²) in [5.74, 6) is 5.48. The molecule has 1 heterocycles. The van der Waals surface area contributed by atoms with Gasteiger partial charge < -0.3 is 5.32 Å². The first kappa shape index (κ1) is 13.5. The molecular weight excluding hydrogens is 226 g/mol. The average molecular weight is 245 g/mol. The third kappa shape index (κ3) is 5.47. The third-order valence-corrected chi connectivity index (χ3v) is 3.75. The van der Waals surface area contributed by atoms with Crippen molar-refractivity contribution in [3.63, 3.8) is 0 Å². The molecule has 92 valence electrons. The molecule has 0 spiro atoms. The van der Waals surface area contributed by atoms with Gasteiger partial charge in [0.1, 0.15) is 0 Å². The van der Waals surface area contributed by atoms with Crippen LogP contribution < -0.4 is 10.0 Å². The first-order valence-corrected chi connectivity index (χ1v) is 7.09. The summed E-state index contributed by atoms with van der Waals surface area (Å²) in [5, 5.41) is 3.23. The molecule has 0 aliphatic carbocycles. The van der Waals surface area contributed by atoms with Crippen molar-refractivity contribution in [1.29, 1.82) is 0 Å². The number of rotatable bonds is 5. The first-order chi connectivity index (χ1) is 7.64. The Morgan fingerprint density at radius 3 is 2.69 bits per heavy atom. The van der Waals surface area contributed by atoms with Gasteiger partial charge in [-0.2, -0.15) is 0 Å². The zero-order chi connectivity index (χ0) is 11.9. The van der Waals surface area contributed by atoms with Crippen molar-refractivity contribution in [2.24, 2.45) is 0 Å². The molecule has 0 aromatic rings. The van der Waals surface area contributed by atoms with E-state index in [-0.39, 0.29) is 12.3 Å². The third-order valence-electron chi connectivity index (χ3n) is 2.44. The van der Waals surface area contributed by atoms with Crippen molar-refractivity contribution >= 4 is 10.0 Å². The van der Waals surface area contributed by atoms with E-state index < -0.39 is 10.0 Å². The van der Waals surface area contributed by atoms with E-state index in [2.05, 4.69) is 26.8 Å². The van der Waals surface area contributed by atoms with Crippen LogP contribution in [0.4, 0.5) is 0 Å². The van der Waals surface area contributed by atoms with E-state index >= 15 is 0 Å².